The molecule has 0 spiro atoms. The van der Waals surface area contributed by atoms with Gasteiger partial charge in [0.25, 0.3) is 0 Å². The third kappa shape index (κ3) is 11.6. The summed E-state index contributed by atoms with van der Waals surface area (Å²) in [6.45, 7) is 0. The monoisotopic (exact) mass is 1560 g/mol. The molecule has 0 unspecified atom stereocenters. The Labute approximate surface area is 699 Å². The van der Waals surface area contributed by atoms with Gasteiger partial charge in [0.1, 0.15) is 22.3 Å². The third-order valence-electron chi connectivity index (χ3n) is 24.4. The summed E-state index contributed by atoms with van der Waals surface area (Å²) in [6, 6.07) is 155. The number of fused-ring (bicyclic) bond motifs is 18. The fourth-order valence-electron chi connectivity index (χ4n) is 18.7. The highest BCUT2D eigenvalue weighted by Gasteiger charge is 2.24. The number of hydrogen-bond donors (Lipinski definition) is 0. The average Bonchev–Trinajstić information content (AvgIpc) is 1.57. The molecule has 25 aromatic rings. The van der Waals surface area contributed by atoms with Crippen molar-refractivity contribution < 1.29 is 8.83 Å². The van der Waals surface area contributed by atoms with Crippen molar-refractivity contribution >= 4 is 151 Å². The third-order valence-corrected chi connectivity index (χ3v) is 26.7. The SMILES string of the molecule is c1cc(-c2ccc3sc4ccccc4c3c2)cc(-c2ccccc2-n2c3ccc(-c4cccc5c4oc4ccccc45)cc3c3cc(-c4cccc5c4oc4ccccc45)ccc32)c1.c1ccc(-c2ccc3sc4ccc(-c5cccc(-c6ccccc6-n6c7ccc(-c8ccccc8)cc7c7cc(-c8ccccc8)ccc76)c5)cc4c3c2)cc1. The van der Waals surface area contributed by atoms with Gasteiger partial charge in [-0.1, -0.05) is 297 Å². The molecule has 0 saturated carbocycles. The Balaban J connectivity index is 0.000000138. The lowest BCUT2D eigenvalue weighted by Gasteiger charge is -2.15. The Morgan fingerprint density at radius 3 is 0.858 bits per heavy atom. The Morgan fingerprint density at radius 2 is 0.425 bits per heavy atom. The zero-order valence-corrected chi connectivity index (χ0v) is 66.6. The van der Waals surface area contributed by atoms with Crippen LogP contribution in [0.4, 0.5) is 0 Å². The first kappa shape index (κ1) is 69.2. The topological polar surface area (TPSA) is 36.1 Å². The van der Waals surface area contributed by atoms with Gasteiger partial charge < -0.3 is 18.0 Å². The van der Waals surface area contributed by atoms with Gasteiger partial charge in [0.2, 0.25) is 0 Å². The highest BCUT2D eigenvalue weighted by Crippen LogP contribution is 2.48. The van der Waals surface area contributed by atoms with Crippen molar-refractivity contribution in [3.05, 3.63) is 425 Å². The molecule has 0 aliphatic carbocycles. The van der Waals surface area contributed by atoms with E-state index in [1.54, 1.807) is 0 Å². The minimum absolute atomic E-state index is 0.897. The average molecular weight is 1560 g/mol. The maximum absolute atomic E-state index is 6.58. The van der Waals surface area contributed by atoms with E-state index in [9.17, 15) is 0 Å². The van der Waals surface area contributed by atoms with Crippen LogP contribution < -0.4 is 0 Å². The van der Waals surface area contributed by atoms with Crippen LogP contribution in [0.1, 0.15) is 0 Å². The molecular weight excluding hydrogens is 1490 g/mol. The van der Waals surface area contributed by atoms with Gasteiger partial charge in [-0.05, 0) is 205 Å². The summed E-state index contributed by atoms with van der Waals surface area (Å²) in [5.74, 6) is 0. The highest BCUT2D eigenvalue weighted by atomic mass is 32.1. The molecule has 0 aliphatic heterocycles. The zero-order valence-electron chi connectivity index (χ0n) is 64.9. The summed E-state index contributed by atoms with van der Waals surface area (Å²) in [4.78, 5) is 0. The molecule has 0 bridgehead atoms. The van der Waals surface area contributed by atoms with Crippen LogP contribution in [0.25, 0.3) is 239 Å². The first-order valence-corrected chi connectivity index (χ1v) is 42.5. The number of nitrogens with zero attached hydrogens (tertiary/aromatic N) is 2. The van der Waals surface area contributed by atoms with Gasteiger partial charge in [-0.25, -0.2) is 0 Å². The summed E-state index contributed by atoms with van der Waals surface area (Å²) in [5.41, 5.74) is 31.8. The minimum atomic E-state index is 0.897. The number of hydrogen-bond acceptors (Lipinski definition) is 4. The molecule has 6 heterocycles. The Morgan fingerprint density at radius 1 is 0.158 bits per heavy atom. The number of rotatable bonds is 11. The zero-order chi connectivity index (χ0) is 78.9. The minimum Gasteiger partial charge on any atom is -0.455 e. The van der Waals surface area contributed by atoms with E-state index in [4.69, 9.17) is 8.83 Å². The Hall–Kier alpha value is -15.2. The van der Waals surface area contributed by atoms with E-state index in [0.29, 0.717) is 0 Å². The smallest absolute Gasteiger partial charge is 0.143 e. The van der Waals surface area contributed by atoms with Gasteiger partial charge in [0.15, 0.2) is 0 Å². The number of aromatic nitrogens is 2. The second-order valence-electron chi connectivity index (χ2n) is 31.3. The van der Waals surface area contributed by atoms with Crippen LogP contribution in [0.3, 0.4) is 0 Å². The molecule has 25 rings (SSSR count). The van der Waals surface area contributed by atoms with Crippen LogP contribution in [-0.2, 0) is 0 Å². The predicted molar refractivity (Wildman–Crippen MR) is 511 cm³/mol. The maximum Gasteiger partial charge on any atom is 0.143 e. The lowest BCUT2D eigenvalue weighted by atomic mass is 9.96. The van der Waals surface area contributed by atoms with E-state index in [-0.39, 0.29) is 0 Å². The molecular formula is C114H70N2O2S2. The second-order valence-corrected chi connectivity index (χ2v) is 33.5. The van der Waals surface area contributed by atoms with Crippen molar-refractivity contribution in [2.75, 3.05) is 0 Å². The molecule has 0 atom stereocenters. The highest BCUT2D eigenvalue weighted by molar-refractivity contribution is 7.26. The molecule has 0 fully saturated rings. The molecule has 0 aliphatic rings. The summed E-state index contributed by atoms with van der Waals surface area (Å²) in [5, 5.41) is 14.6. The normalized spacial score (nSPS) is 11.8. The molecule has 0 amide bonds. The van der Waals surface area contributed by atoms with Crippen molar-refractivity contribution in [1.82, 2.24) is 9.13 Å². The molecule has 560 valence electrons. The van der Waals surface area contributed by atoms with Gasteiger partial charge in [-0.2, -0.15) is 0 Å². The van der Waals surface area contributed by atoms with Gasteiger partial charge in [-0.3, -0.25) is 0 Å². The molecule has 0 saturated heterocycles. The summed E-state index contributed by atoms with van der Waals surface area (Å²) in [7, 11) is 0. The van der Waals surface area contributed by atoms with Crippen LogP contribution in [0.5, 0.6) is 0 Å². The van der Waals surface area contributed by atoms with Crippen molar-refractivity contribution in [1.29, 1.82) is 0 Å². The van der Waals surface area contributed by atoms with E-state index in [2.05, 4.69) is 422 Å². The lowest BCUT2D eigenvalue weighted by molar-refractivity contribution is 0.669. The van der Waals surface area contributed by atoms with E-state index >= 15 is 0 Å². The van der Waals surface area contributed by atoms with E-state index in [0.717, 1.165) is 94.1 Å². The predicted octanol–water partition coefficient (Wildman–Crippen LogP) is 33.1. The quantitative estimate of drug-likeness (QED) is 0.129. The van der Waals surface area contributed by atoms with Crippen LogP contribution in [0.15, 0.2) is 433 Å². The van der Waals surface area contributed by atoms with Gasteiger partial charge >= 0.3 is 0 Å². The number of thiophene rings is 2. The van der Waals surface area contributed by atoms with Crippen molar-refractivity contribution in [3.8, 4) is 112 Å². The van der Waals surface area contributed by atoms with Gasteiger partial charge in [-0.15, -0.1) is 22.7 Å². The number of para-hydroxylation sites is 6. The van der Waals surface area contributed by atoms with Crippen LogP contribution in [0.2, 0.25) is 0 Å². The van der Waals surface area contributed by atoms with E-state index in [1.807, 2.05) is 34.8 Å². The molecule has 6 aromatic heterocycles. The van der Waals surface area contributed by atoms with Crippen LogP contribution in [-0.4, -0.2) is 9.13 Å². The number of furan rings is 2. The largest absolute Gasteiger partial charge is 0.455 e. The molecule has 120 heavy (non-hydrogen) atoms. The summed E-state index contributed by atoms with van der Waals surface area (Å²) < 4.78 is 23.3. The molecule has 6 heteroatoms. The van der Waals surface area contributed by atoms with Gasteiger partial charge in [0.05, 0.1) is 33.4 Å². The lowest BCUT2D eigenvalue weighted by Crippen LogP contribution is -1.97. The maximum atomic E-state index is 6.58. The molecule has 19 aromatic carbocycles. The Kier molecular flexibility index (Phi) is 16.3. The van der Waals surface area contributed by atoms with Crippen LogP contribution >= 0.6 is 22.7 Å². The van der Waals surface area contributed by atoms with Crippen molar-refractivity contribution in [2.45, 2.75) is 0 Å². The summed E-state index contributed by atoms with van der Waals surface area (Å²) >= 11 is 3.72. The fraction of sp³-hybridized carbons (Fsp3) is 0. The second kappa shape index (κ2) is 28.3. The van der Waals surface area contributed by atoms with Crippen LogP contribution in [0, 0.1) is 0 Å². The Bertz CT molecular complexity index is 8150. The van der Waals surface area contributed by atoms with E-state index in [1.165, 1.54) is 145 Å². The van der Waals surface area contributed by atoms with Crippen molar-refractivity contribution in [2.24, 2.45) is 0 Å². The molecule has 0 radical (unpaired) electrons. The fourth-order valence-corrected chi connectivity index (χ4v) is 20.9. The van der Waals surface area contributed by atoms with Gasteiger partial charge in [0, 0.05) is 106 Å². The number of benzene rings is 19. The first-order chi connectivity index (χ1) is 59.5. The summed E-state index contributed by atoms with van der Waals surface area (Å²) in [6.07, 6.45) is 0. The first-order valence-electron chi connectivity index (χ1n) is 40.9. The van der Waals surface area contributed by atoms with Crippen molar-refractivity contribution in [3.63, 3.8) is 0 Å². The standard InChI is InChI=1S/C60H35NO2S.C54H35NS/c1-5-22-52(41(14-1)38-13-9-12-36(32-38)37-28-31-58-51(33-37)46-17-4-8-25-57(46)64-58)61-53-29-26-39(42-18-10-20-47-44-15-2-6-23-55(44)62-59(42)47)34-49(53)50-35-40(27-30-54(50)61)43-19-11-21-48-45-16-3-7-24-56(45)63-60(43)48;1-4-13-36(14-5-1)40-23-27-51-46(32-40)47-33-41(37-15-6-2-7-16-37)24-28-52(47)55(51)50-22-11-10-21-45(50)44-20-12-19-39(31-44)43-26-30-54-49(35-43)48-34-42(25-29-53(48)56-54)38-17-8-3-9-18-38/h1-35H;1-35H. The van der Waals surface area contributed by atoms with E-state index < -0.39 is 0 Å². The molecule has 4 nitrogen and oxygen atoms in total. The molecule has 0 N–H and O–H groups in total.